The molecule has 0 unspecified atom stereocenters. The van der Waals surface area contributed by atoms with Crippen LogP contribution in [0.25, 0.3) is 0 Å². The third-order valence-corrected chi connectivity index (χ3v) is 11.4. The monoisotopic (exact) mass is 672 g/mol. The van der Waals surface area contributed by atoms with Crippen LogP contribution in [0.2, 0.25) is 0 Å². The predicted molar refractivity (Wildman–Crippen MR) is 167 cm³/mol. The van der Waals surface area contributed by atoms with Gasteiger partial charge in [0.05, 0.1) is 11.8 Å². The maximum Gasteiger partial charge on any atom is 0.410 e. The van der Waals surface area contributed by atoms with Gasteiger partial charge in [0.2, 0.25) is 21.8 Å². The normalized spacial score (nSPS) is 30.0. The Bertz CT molecular complexity index is 1610. The summed E-state index contributed by atoms with van der Waals surface area (Å²) >= 11 is 0. The minimum atomic E-state index is -3.90. The second-order valence-corrected chi connectivity index (χ2v) is 15.1. The van der Waals surface area contributed by atoms with E-state index in [0.717, 1.165) is 17.5 Å². The summed E-state index contributed by atoms with van der Waals surface area (Å²) in [5.41, 5.74) is 6.73. The highest BCUT2D eigenvalue weighted by molar-refractivity contribution is 7.91. The number of nitrogens with two attached hydrogens (primary N) is 1. The topological polar surface area (TPSA) is 218 Å². The van der Waals surface area contributed by atoms with Crippen LogP contribution in [0.1, 0.15) is 68.9 Å². The number of nitrogens with one attached hydrogen (secondary N) is 3. The van der Waals surface area contributed by atoms with Crippen molar-refractivity contribution in [3.8, 4) is 0 Å². The molecular weight excluding hydrogens is 632 g/mol. The van der Waals surface area contributed by atoms with E-state index in [1.807, 2.05) is 18.2 Å². The zero-order valence-electron chi connectivity index (χ0n) is 25.9. The van der Waals surface area contributed by atoms with E-state index in [9.17, 15) is 37.5 Å². The number of ether oxygens (including phenoxy) is 1. The molecule has 0 spiro atoms. The molecule has 3 aliphatic heterocycles. The summed E-state index contributed by atoms with van der Waals surface area (Å²) in [6.07, 6.45) is 4.58. The number of allylic oxidation sites excluding steroid dienone is 1. The molecule has 5 amide bonds. The minimum absolute atomic E-state index is 0.102. The second kappa shape index (κ2) is 12.7. The number of carbonyl (C=O) groups excluding carboxylic acids is 4. The summed E-state index contributed by atoms with van der Waals surface area (Å²) in [7, 11) is -3.90. The fraction of sp³-hybridized carbons (Fsp3) is 0.581. The zero-order chi connectivity index (χ0) is 33.5. The number of fused-ring (bicyclic) bond motifs is 3. The van der Waals surface area contributed by atoms with Crippen LogP contribution < -0.4 is 21.1 Å². The molecular formula is C31H40N6O9S. The number of rotatable bonds is 5. The molecule has 1 aromatic rings. The van der Waals surface area contributed by atoms with Crippen molar-refractivity contribution in [3.05, 3.63) is 41.5 Å². The average molecular weight is 673 g/mol. The summed E-state index contributed by atoms with van der Waals surface area (Å²) in [5, 5.41) is 13.9. The maximum absolute atomic E-state index is 14.0. The Hall–Kier alpha value is -4.34. The van der Waals surface area contributed by atoms with Gasteiger partial charge in [-0.2, -0.15) is 0 Å². The standard InChI is InChI=1S/C31H40N6O9S/c32-21-9-8-18-15-36(16-19(18)12-21)30(43)46-22-13-25-26(38)34-31(28(40)35-47(44,45)23-10-11-23)14-20(31)6-4-2-1-3-5-7-24(33-29(41)42)27(39)37(25)17-22/h4,6,8-9,12,20,22-25,33H,1-3,5,7,10-11,13-17,32H2,(H,34,38)(H,35,40)(H,41,42)/b6-4-/t20-,22-,24+,25+,31-/m1/s1. The zero-order valence-corrected chi connectivity index (χ0v) is 26.7. The molecule has 5 atom stereocenters. The Labute approximate surface area is 272 Å². The summed E-state index contributed by atoms with van der Waals surface area (Å²) in [6.45, 7) is 0.404. The molecule has 15 nitrogen and oxygen atoms in total. The smallest absolute Gasteiger partial charge is 0.410 e. The Morgan fingerprint density at radius 2 is 1.83 bits per heavy atom. The lowest BCUT2D eigenvalue weighted by Crippen LogP contribution is -2.58. The predicted octanol–water partition coefficient (Wildman–Crippen LogP) is 1.33. The van der Waals surface area contributed by atoms with Crippen LogP contribution in [-0.4, -0.2) is 88.8 Å². The molecule has 6 N–H and O–H groups in total. The van der Waals surface area contributed by atoms with Crippen molar-refractivity contribution in [2.45, 2.75) is 99.9 Å². The SMILES string of the molecule is Nc1ccc2c(c1)CN(C(=O)O[C@@H]1C[C@H]3C(=O)N[C@]4(C(=O)NS(=O)(=O)C5CC5)C[C@H]4/C=C\CCCCC[C@H](NC(=O)O)C(=O)N3C1)C2. The fourth-order valence-electron chi connectivity index (χ4n) is 6.76. The number of nitrogens with zero attached hydrogens (tertiary/aromatic N) is 2. The van der Waals surface area contributed by atoms with E-state index in [2.05, 4.69) is 15.4 Å². The van der Waals surface area contributed by atoms with Crippen LogP contribution in [-0.2, 0) is 42.2 Å². The summed E-state index contributed by atoms with van der Waals surface area (Å²) in [5.74, 6) is -2.67. The Kier molecular flexibility index (Phi) is 8.80. The molecule has 1 aromatic carbocycles. The van der Waals surface area contributed by atoms with Gasteiger partial charge in [0.1, 0.15) is 23.7 Å². The minimum Gasteiger partial charge on any atom is -0.465 e. The summed E-state index contributed by atoms with van der Waals surface area (Å²) in [6, 6.07) is 3.01. The number of amides is 5. The molecule has 254 valence electrons. The number of nitrogen functional groups attached to an aromatic ring is 1. The number of hydrogen-bond donors (Lipinski definition) is 5. The highest BCUT2D eigenvalue weighted by atomic mass is 32.2. The van der Waals surface area contributed by atoms with Gasteiger partial charge in [0.25, 0.3) is 5.91 Å². The molecule has 3 heterocycles. The van der Waals surface area contributed by atoms with E-state index in [1.165, 1.54) is 9.80 Å². The van der Waals surface area contributed by atoms with Gasteiger partial charge < -0.3 is 31.1 Å². The quantitative estimate of drug-likeness (QED) is 0.223. The number of sulfonamides is 1. The Morgan fingerprint density at radius 1 is 1.06 bits per heavy atom. The van der Waals surface area contributed by atoms with Crippen molar-refractivity contribution in [2.24, 2.45) is 5.92 Å². The first-order chi connectivity index (χ1) is 22.4. The number of carbonyl (C=O) groups is 5. The van der Waals surface area contributed by atoms with Gasteiger partial charge >= 0.3 is 12.2 Å². The van der Waals surface area contributed by atoms with E-state index < -0.39 is 74.8 Å². The third-order valence-electron chi connectivity index (χ3n) is 9.62. The maximum atomic E-state index is 14.0. The number of benzene rings is 1. The first kappa shape index (κ1) is 32.6. The highest BCUT2D eigenvalue weighted by Crippen LogP contribution is 2.46. The van der Waals surface area contributed by atoms with Gasteiger partial charge in [-0.1, -0.05) is 31.1 Å². The average Bonchev–Trinajstić information content (AvgIpc) is 3.90. The Balaban J connectivity index is 1.23. The van der Waals surface area contributed by atoms with E-state index in [1.54, 1.807) is 12.1 Å². The molecule has 0 bridgehead atoms. The lowest BCUT2D eigenvalue weighted by Gasteiger charge is -2.29. The Morgan fingerprint density at radius 3 is 2.57 bits per heavy atom. The van der Waals surface area contributed by atoms with Crippen LogP contribution >= 0.6 is 0 Å². The lowest BCUT2D eigenvalue weighted by atomic mass is 10.1. The number of anilines is 1. The largest absolute Gasteiger partial charge is 0.465 e. The van der Waals surface area contributed by atoms with Crippen molar-refractivity contribution in [2.75, 3.05) is 12.3 Å². The van der Waals surface area contributed by atoms with Gasteiger partial charge in [-0.3, -0.25) is 24.0 Å². The van der Waals surface area contributed by atoms with Crippen molar-refractivity contribution in [1.29, 1.82) is 0 Å². The molecule has 2 aliphatic carbocycles. The van der Waals surface area contributed by atoms with Gasteiger partial charge in [-0.15, -0.1) is 0 Å². The van der Waals surface area contributed by atoms with Crippen molar-refractivity contribution in [3.63, 3.8) is 0 Å². The van der Waals surface area contributed by atoms with E-state index >= 15 is 0 Å². The van der Waals surface area contributed by atoms with Crippen LogP contribution in [0, 0.1) is 5.92 Å². The molecule has 3 fully saturated rings. The van der Waals surface area contributed by atoms with Crippen molar-refractivity contribution >= 4 is 45.6 Å². The summed E-state index contributed by atoms with van der Waals surface area (Å²) < 4.78 is 33.3. The number of carboxylic acid groups (broad SMARTS) is 1. The number of hydrogen-bond acceptors (Lipinski definition) is 9. The highest BCUT2D eigenvalue weighted by Gasteiger charge is 2.62. The third kappa shape index (κ3) is 7.01. The van der Waals surface area contributed by atoms with Gasteiger partial charge in [-0.25, -0.2) is 18.0 Å². The van der Waals surface area contributed by atoms with Crippen LogP contribution in [0.5, 0.6) is 0 Å². The molecule has 0 aromatic heterocycles. The first-order valence-corrected chi connectivity index (χ1v) is 17.6. The fourth-order valence-corrected chi connectivity index (χ4v) is 8.12. The molecule has 1 saturated heterocycles. The van der Waals surface area contributed by atoms with E-state index in [0.29, 0.717) is 44.3 Å². The van der Waals surface area contributed by atoms with Gasteiger partial charge in [0.15, 0.2) is 0 Å². The van der Waals surface area contributed by atoms with Gasteiger partial charge in [0, 0.05) is 31.1 Å². The lowest BCUT2D eigenvalue weighted by molar-refractivity contribution is -0.141. The first-order valence-electron chi connectivity index (χ1n) is 16.0. The van der Waals surface area contributed by atoms with Crippen LogP contribution in [0.15, 0.2) is 30.4 Å². The molecule has 5 aliphatic rings. The van der Waals surface area contributed by atoms with Crippen LogP contribution in [0.4, 0.5) is 15.3 Å². The molecule has 6 rings (SSSR count). The van der Waals surface area contributed by atoms with E-state index in [-0.39, 0.29) is 32.4 Å². The van der Waals surface area contributed by atoms with Crippen LogP contribution in [0.3, 0.4) is 0 Å². The molecule has 16 heteroatoms. The van der Waals surface area contributed by atoms with E-state index in [4.69, 9.17) is 10.5 Å². The van der Waals surface area contributed by atoms with Gasteiger partial charge in [-0.05, 0) is 61.8 Å². The van der Waals surface area contributed by atoms with Crippen molar-refractivity contribution in [1.82, 2.24) is 25.2 Å². The molecule has 47 heavy (non-hydrogen) atoms. The molecule has 0 radical (unpaired) electrons. The van der Waals surface area contributed by atoms with Crippen molar-refractivity contribution < 1.29 is 42.2 Å². The molecule has 2 saturated carbocycles. The second-order valence-electron chi connectivity index (χ2n) is 13.1. The summed E-state index contributed by atoms with van der Waals surface area (Å²) in [4.78, 5) is 68.9.